The summed E-state index contributed by atoms with van der Waals surface area (Å²) >= 11 is 0. The molecule has 1 fully saturated rings. The van der Waals surface area contributed by atoms with Crippen LogP contribution in [0, 0.1) is 0 Å². The van der Waals surface area contributed by atoms with Crippen LogP contribution in [-0.2, 0) is 16.4 Å². The largest absolute Gasteiger partial charge is 0.497 e. The van der Waals surface area contributed by atoms with Gasteiger partial charge in [-0.05, 0) is 86.0 Å². The standard InChI is InChI=1S/C30H35N3O4S/c1-36-26-13-11-25(12-14-26)32-20-18-31(19-21-32)17-7-6-8-24-23-33(30-16-15-27(37-2)22-29(24)30)38(34,35)28-9-4-3-5-10-28/h3-5,9-16,22-23H,6-8,17-21H2,1-2H3. The molecular formula is C30H35N3O4S. The molecule has 0 unspecified atom stereocenters. The van der Waals surface area contributed by atoms with Gasteiger partial charge in [0, 0.05) is 43.4 Å². The van der Waals surface area contributed by atoms with Crippen molar-refractivity contribution in [2.75, 3.05) is 51.8 Å². The summed E-state index contributed by atoms with van der Waals surface area (Å²) in [4.78, 5) is 5.23. The van der Waals surface area contributed by atoms with Crippen molar-refractivity contribution >= 4 is 26.6 Å². The molecule has 0 atom stereocenters. The van der Waals surface area contributed by atoms with Gasteiger partial charge in [-0.1, -0.05) is 18.2 Å². The Kier molecular flexibility index (Phi) is 7.90. The maximum atomic E-state index is 13.4. The summed E-state index contributed by atoms with van der Waals surface area (Å²) in [6.45, 7) is 5.14. The van der Waals surface area contributed by atoms with E-state index in [0.29, 0.717) is 5.52 Å². The maximum absolute atomic E-state index is 13.4. The van der Waals surface area contributed by atoms with Crippen LogP contribution in [-0.4, -0.2) is 64.2 Å². The average molecular weight is 534 g/mol. The van der Waals surface area contributed by atoms with Crippen molar-refractivity contribution in [1.82, 2.24) is 8.87 Å². The van der Waals surface area contributed by atoms with Gasteiger partial charge in [0.1, 0.15) is 11.5 Å². The Labute approximate surface area is 225 Å². The predicted molar refractivity (Wildman–Crippen MR) is 152 cm³/mol. The maximum Gasteiger partial charge on any atom is 0.268 e. The first kappa shape index (κ1) is 26.1. The quantitative estimate of drug-likeness (QED) is 0.266. The van der Waals surface area contributed by atoms with Crippen LogP contribution < -0.4 is 14.4 Å². The molecule has 8 heteroatoms. The van der Waals surface area contributed by atoms with E-state index >= 15 is 0 Å². The van der Waals surface area contributed by atoms with Crippen LogP contribution in [0.5, 0.6) is 11.5 Å². The lowest BCUT2D eigenvalue weighted by atomic mass is 10.1. The normalized spacial score (nSPS) is 14.6. The molecule has 0 bridgehead atoms. The Bertz CT molecular complexity index is 1460. The second-order valence-corrected chi connectivity index (χ2v) is 11.5. The number of nitrogens with zero attached hydrogens (tertiary/aromatic N) is 3. The van der Waals surface area contributed by atoms with Crippen LogP contribution in [0.3, 0.4) is 0 Å². The summed E-state index contributed by atoms with van der Waals surface area (Å²) < 4.78 is 39.0. The first-order valence-electron chi connectivity index (χ1n) is 13.1. The molecule has 0 radical (unpaired) electrons. The summed E-state index contributed by atoms with van der Waals surface area (Å²) in [6, 6.07) is 22.5. The number of fused-ring (bicyclic) bond motifs is 1. The number of methoxy groups -OCH3 is 2. The Morgan fingerprint density at radius 2 is 1.47 bits per heavy atom. The number of piperazine rings is 1. The molecule has 5 rings (SSSR count). The highest BCUT2D eigenvalue weighted by Gasteiger charge is 2.22. The first-order chi connectivity index (χ1) is 18.5. The van der Waals surface area contributed by atoms with Gasteiger partial charge in [0.15, 0.2) is 0 Å². The molecule has 0 N–H and O–H groups in total. The smallest absolute Gasteiger partial charge is 0.268 e. The number of ether oxygens (including phenoxy) is 2. The van der Waals surface area contributed by atoms with Gasteiger partial charge in [-0.15, -0.1) is 0 Å². The van der Waals surface area contributed by atoms with Crippen LogP contribution in [0.25, 0.3) is 10.9 Å². The molecule has 7 nitrogen and oxygen atoms in total. The highest BCUT2D eigenvalue weighted by atomic mass is 32.2. The van der Waals surface area contributed by atoms with E-state index in [1.807, 2.05) is 36.4 Å². The minimum Gasteiger partial charge on any atom is -0.497 e. The summed E-state index contributed by atoms with van der Waals surface area (Å²) in [7, 11) is -0.367. The summed E-state index contributed by atoms with van der Waals surface area (Å²) in [5, 5.41) is 0.928. The molecule has 1 saturated heterocycles. The lowest BCUT2D eigenvalue weighted by Crippen LogP contribution is -2.46. The molecule has 4 aromatic rings. The number of unbranched alkanes of at least 4 members (excludes halogenated alkanes) is 1. The van der Waals surface area contributed by atoms with E-state index < -0.39 is 10.0 Å². The second-order valence-electron chi connectivity index (χ2n) is 9.64. The summed E-state index contributed by atoms with van der Waals surface area (Å²) in [5.41, 5.74) is 2.95. The van der Waals surface area contributed by atoms with Crippen molar-refractivity contribution in [1.29, 1.82) is 0 Å². The van der Waals surface area contributed by atoms with Crippen LogP contribution in [0.4, 0.5) is 5.69 Å². The van der Waals surface area contributed by atoms with Gasteiger partial charge in [0.2, 0.25) is 0 Å². The van der Waals surface area contributed by atoms with Gasteiger partial charge in [-0.3, -0.25) is 4.90 Å². The van der Waals surface area contributed by atoms with Gasteiger partial charge in [-0.25, -0.2) is 12.4 Å². The highest BCUT2D eigenvalue weighted by molar-refractivity contribution is 7.90. The molecule has 200 valence electrons. The van der Waals surface area contributed by atoms with Crippen molar-refractivity contribution < 1.29 is 17.9 Å². The minimum atomic E-state index is -3.69. The molecular weight excluding hydrogens is 498 g/mol. The third-order valence-corrected chi connectivity index (χ3v) is 9.03. The van der Waals surface area contributed by atoms with Crippen molar-refractivity contribution in [2.45, 2.75) is 24.2 Å². The third kappa shape index (κ3) is 5.51. The van der Waals surface area contributed by atoms with E-state index in [9.17, 15) is 8.42 Å². The third-order valence-electron chi connectivity index (χ3n) is 7.34. The Morgan fingerprint density at radius 1 is 0.789 bits per heavy atom. The number of benzene rings is 3. The summed E-state index contributed by atoms with van der Waals surface area (Å²) in [6.07, 6.45) is 4.65. The molecule has 1 aliphatic rings. The van der Waals surface area contributed by atoms with Gasteiger partial charge in [0.05, 0.1) is 24.6 Å². The SMILES string of the molecule is COc1ccc(N2CCN(CCCCc3cn(S(=O)(=O)c4ccccc4)c4ccc(OC)cc34)CC2)cc1. The zero-order chi connectivity index (χ0) is 26.5. The van der Waals surface area contributed by atoms with E-state index in [0.717, 1.165) is 74.4 Å². The number of hydrogen-bond donors (Lipinski definition) is 0. The molecule has 0 aliphatic carbocycles. The van der Waals surface area contributed by atoms with Gasteiger partial charge < -0.3 is 14.4 Å². The van der Waals surface area contributed by atoms with E-state index in [1.54, 1.807) is 44.7 Å². The number of aromatic nitrogens is 1. The molecule has 0 spiro atoms. The van der Waals surface area contributed by atoms with Crippen molar-refractivity contribution in [2.24, 2.45) is 0 Å². The van der Waals surface area contributed by atoms with E-state index in [4.69, 9.17) is 9.47 Å². The Morgan fingerprint density at radius 3 is 2.16 bits per heavy atom. The topological polar surface area (TPSA) is 64.0 Å². The fraction of sp³-hybridized carbons (Fsp3) is 0.333. The monoisotopic (exact) mass is 533 g/mol. The molecule has 2 heterocycles. The predicted octanol–water partition coefficient (Wildman–Crippen LogP) is 5.04. The van der Waals surface area contributed by atoms with Crippen molar-refractivity contribution in [3.63, 3.8) is 0 Å². The molecule has 1 aromatic heterocycles. The van der Waals surface area contributed by atoms with Crippen LogP contribution in [0.1, 0.15) is 18.4 Å². The van der Waals surface area contributed by atoms with E-state index in [1.165, 1.54) is 9.66 Å². The molecule has 38 heavy (non-hydrogen) atoms. The van der Waals surface area contributed by atoms with Crippen molar-refractivity contribution in [3.05, 3.63) is 84.6 Å². The molecule has 1 aliphatic heterocycles. The second kappa shape index (κ2) is 11.5. The zero-order valence-corrected chi connectivity index (χ0v) is 22.9. The minimum absolute atomic E-state index is 0.285. The zero-order valence-electron chi connectivity index (χ0n) is 22.0. The van der Waals surface area contributed by atoms with Crippen LogP contribution in [0.2, 0.25) is 0 Å². The fourth-order valence-corrected chi connectivity index (χ4v) is 6.56. The van der Waals surface area contributed by atoms with E-state index in [2.05, 4.69) is 21.9 Å². The Hall–Kier alpha value is -3.49. The first-order valence-corrected chi connectivity index (χ1v) is 14.5. The van der Waals surface area contributed by atoms with Gasteiger partial charge in [0.25, 0.3) is 10.0 Å². The average Bonchev–Trinajstić information content (AvgIpc) is 3.34. The highest BCUT2D eigenvalue weighted by Crippen LogP contribution is 2.30. The lowest BCUT2D eigenvalue weighted by Gasteiger charge is -2.36. The number of hydrogen-bond acceptors (Lipinski definition) is 6. The van der Waals surface area contributed by atoms with E-state index in [-0.39, 0.29) is 4.90 Å². The van der Waals surface area contributed by atoms with Gasteiger partial charge in [-0.2, -0.15) is 0 Å². The number of aryl methyl sites for hydroxylation is 1. The molecule has 0 saturated carbocycles. The number of rotatable bonds is 10. The fourth-order valence-electron chi connectivity index (χ4n) is 5.15. The molecule has 0 amide bonds. The molecule has 3 aromatic carbocycles. The van der Waals surface area contributed by atoms with Crippen LogP contribution in [0.15, 0.2) is 83.9 Å². The van der Waals surface area contributed by atoms with Crippen LogP contribution >= 0.6 is 0 Å². The van der Waals surface area contributed by atoms with Gasteiger partial charge >= 0.3 is 0 Å². The van der Waals surface area contributed by atoms with Crippen molar-refractivity contribution in [3.8, 4) is 11.5 Å². The number of anilines is 1. The summed E-state index contributed by atoms with van der Waals surface area (Å²) in [5.74, 6) is 1.61. The lowest BCUT2D eigenvalue weighted by molar-refractivity contribution is 0.253. The Balaban J connectivity index is 1.21.